The fraction of sp³-hybridized carbons (Fsp3) is 0.0455. The van der Waals surface area contributed by atoms with Crippen LogP contribution in [0.1, 0.15) is 32.3 Å². The number of pyridine rings is 1. The summed E-state index contributed by atoms with van der Waals surface area (Å²) in [5.41, 5.74) is 6.65. The first-order valence-corrected chi connectivity index (χ1v) is 11.4. The predicted molar refractivity (Wildman–Crippen MR) is 127 cm³/mol. The Kier molecular flexibility index (Phi) is 5.54. The summed E-state index contributed by atoms with van der Waals surface area (Å²) >= 11 is 4.17. The SMILES string of the molecule is NC(=O)c1sc2nc(C(F)F)cc(-c3ccccc3)c2c1NC(=O)c1nn2cccnc2c1Br. The molecule has 1 aromatic carbocycles. The van der Waals surface area contributed by atoms with Crippen LogP contribution in [0.25, 0.3) is 27.0 Å². The fourth-order valence-corrected chi connectivity index (χ4v) is 5.10. The number of carbonyl (C=O) groups is 2. The molecular formula is C22H13BrF2N6O2S. The van der Waals surface area contributed by atoms with Crippen LogP contribution in [0.15, 0.2) is 59.3 Å². The minimum Gasteiger partial charge on any atom is -0.365 e. The highest BCUT2D eigenvalue weighted by molar-refractivity contribution is 9.10. The minimum atomic E-state index is -2.83. The lowest BCUT2D eigenvalue weighted by molar-refractivity contribution is 0.100. The Hall–Kier alpha value is -3.77. The molecule has 0 aliphatic carbocycles. The number of nitrogens with zero attached hydrogens (tertiary/aromatic N) is 4. The number of halogens is 3. The summed E-state index contributed by atoms with van der Waals surface area (Å²) in [5.74, 6) is -1.47. The van der Waals surface area contributed by atoms with Crippen LogP contribution in [-0.4, -0.2) is 31.4 Å². The normalized spacial score (nSPS) is 11.4. The van der Waals surface area contributed by atoms with Gasteiger partial charge in [0.1, 0.15) is 15.4 Å². The monoisotopic (exact) mass is 542 g/mol. The first-order chi connectivity index (χ1) is 16.3. The first-order valence-electron chi connectivity index (χ1n) is 9.76. The molecule has 0 saturated carbocycles. The van der Waals surface area contributed by atoms with Crippen LogP contribution in [0.4, 0.5) is 14.5 Å². The molecule has 4 heterocycles. The van der Waals surface area contributed by atoms with E-state index in [2.05, 4.69) is 36.3 Å². The topological polar surface area (TPSA) is 115 Å². The summed E-state index contributed by atoms with van der Waals surface area (Å²) in [5, 5.41) is 7.27. The quantitative estimate of drug-likeness (QED) is 0.322. The van der Waals surface area contributed by atoms with Gasteiger partial charge in [-0.15, -0.1) is 11.3 Å². The molecule has 0 bridgehead atoms. The van der Waals surface area contributed by atoms with Crippen LogP contribution < -0.4 is 11.1 Å². The van der Waals surface area contributed by atoms with E-state index in [0.29, 0.717) is 26.6 Å². The second-order valence-electron chi connectivity index (χ2n) is 7.12. The molecule has 0 aliphatic heterocycles. The van der Waals surface area contributed by atoms with Crippen molar-refractivity contribution in [3.05, 3.63) is 75.6 Å². The van der Waals surface area contributed by atoms with E-state index in [9.17, 15) is 18.4 Å². The molecule has 5 aromatic rings. The Morgan fingerprint density at radius 1 is 1.18 bits per heavy atom. The average molecular weight is 543 g/mol. The minimum absolute atomic E-state index is 0.0162. The number of nitrogens with two attached hydrogens (primary N) is 1. The number of primary amides is 1. The summed E-state index contributed by atoms with van der Waals surface area (Å²) in [6.07, 6.45) is 0.354. The van der Waals surface area contributed by atoms with Gasteiger partial charge in [0.15, 0.2) is 11.3 Å². The Morgan fingerprint density at radius 3 is 2.62 bits per heavy atom. The van der Waals surface area contributed by atoms with Crippen LogP contribution in [-0.2, 0) is 0 Å². The molecule has 170 valence electrons. The molecule has 0 saturated heterocycles. The maximum atomic E-state index is 13.6. The summed E-state index contributed by atoms with van der Waals surface area (Å²) in [6.45, 7) is 0. The smallest absolute Gasteiger partial charge is 0.280 e. The predicted octanol–water partition coefficient (Wildman–Crippen LogP) is 5.06. The van der Waals surface area contributed by atoms with E-state index >= 15 is 0 Å². The van der Waals surface area contributed by atoms with Crippen molar-refractivity contribution < 1.29 is 18.4 Å². The number of fused-ring (bicyclic) bond motifs is 2. The van der Waals surface area contributed by atoms with E-state index in [0.717, 1.165) is 11.3 Å². The molecule has 5 rings (SSSR count). The van der Waals surface area contributed by atoms with Gasteiger partial charge in [-0.2, -0.15) is 5.10 Å². The van der Waals surface area contributed by atoms with Gasteiger partial charge in [-0.1, -0.05) is 30.3 Å². The zero-order valence-corrected chi connectivity index (χ0v) is 19.4. The second kappa shape index (κ2) is 8.54. The van der Waals surface area contributed by atoms with Crippen molar-refractivity contribution in [2.75, 3.05) is 5.32 Å². The third kappa shape index (κ3) is 3.70. The van der Waals surface area contributed by atoms with Gasteiger partial charge in [0.05, 0.1) is 10.2 Å². The van der Waals surface area contributed by atoms with Gasteiger partial charge >= 0.3 is 0 Å². The zero-order valence-electron chi connectivity index (χ0n) is 17.0. The van der Waals surface area contributed by atoms with Crippen LogP contribution >= 0.6 is 27.3 Å². The molecule has 34 heavy (non-hydrogen) atoms. The van der Waals surface area contributed by atoms with Crippen molar-refractivity contribution in [3.63, 3.8) is 0 Å². The van der Waals surface area contributed by atoms with Crippen LogP contribution in [0.2, 0.25) is 0 Å². The number of hydrogen-bond acceptors (Lipinski definition) is 6. The number of anilines is 1. The highest BCUT2D eigenvalue weighted by Crippen LogP contribution is 2.42. The Bertz CT molecular complexity index is 1590. The Labute approximate surface area is 202 Å². The van der Waals surface area contributed by atoms with Gasteiger partial charge in [-0.3, -0.25) is 9.59 Å². The Balaban J connectivity index is 1.72. The second-order valence-corrected chi connectivity index (χ2v) is 8.91. The molecule has 0 fully saturated rings. The molecule has 2 amide bonds. The molecular weight excluding hydrogens is 530 g/mol. The molecule has 0 atom stereocenters. The number of hydrogen-bond donors (Lipinski definition) is 2. The molecule has 0 aliphatic rings. The van der Waals surface area contributed by atoms with E-state index in [1.54, 1.807) is 48.8 Å². The standard InChI is InChI=1S/C22H13BrF2N6O2S/c23-14-16(30-31-8-4-7-27-20(14)31)21(33)29-15-13-11(10-5-2-1-3-6-10)9-12(18(24)25)28-22(13)34-17(15)19(26)32/h1-9,18H,(H2,26,32)(H,29,33). The van der Waals surface area contributed by atoms with Gasteiger partial charge in [-0.25, -0.2) is 23.3 Å². The van der Waals surface area contributed by atoms with Crippen molar-refractivity contribution >= 4 is 60.6 Å². The van der Waals surface area contributed by atoms with Gasteiger partial charge in [-0.05, 0) is 39.2 Å². The number of benzene rings is 1. The van der Waals surface area contributed by atoms with Crippen molar-refractivity contribution in [2.24, 2.45) is 5.73 Å². The number of rotatable bonds is 5. The van der Waals surface area contributed by atoms with Crippen LogP contribution in [0.5, 0.6) is 0 Å². The van der Waals surface area contributed by atoms with Crippen molar-refractivity contribution in [2.45, 2.75) is 6.43 Å². The number of carbonyl (C=O) groups excluding carboxylic acids is 2. The van der Waals surface area contributed by atoms with E-state index in [1.165, 1.54) is 10.6 Å². The molecule has 8 nitrogen and oxygen atoms in total. The average Bonchev–Trinajstić information content (AvgIpc) is 3.37. The summed E-state index contributed by atoms with van der Waals surface area (Å²) in [4.78, 5) is 33.8. The highest BCUT2D eigenvalue weighted by Gasteiger charge is 2.27. The van der Waals surface area contributed by atoms with Gasteiger partial charge in [0.2, 0.25) is 0 Å². The van der Waals surface area contributed by atoms with E-state index in [1.807, 2.05) is 0 Å². The highest BCUT2D eigenvalue weighted by atomic mass is 79.9. The van der Waals surface area contributed by atoms with E-state index in [-0.39, 0.29) is 21.1 Å². The van der Waals surface area contributed by atoms with Crippen LogP contribution in [0.3, 0.4) is 0 Å². The lowest BCUT2D eigenvalue weighted by atomic mass is 10.0. The lowest BCUT2D eigenvalue weighted by Gasteiger charge is -2.10. The van der Waals surface area contributed by atoms with Gasteiger partial charge in [0, 0.05) is 17.8 Å². The number of amides is 2. The molecule has 0 unspecified atom stereocenters. The van der Waals surface area contributed by atoms with Crippen LogP contribution in [0, 0.1) is 0 Å². The Morgan fingerprint density at radius 2 is 1.94 bits per heavy atom. The number of alkyl halides is 2. The molecule has 3 N–H and O–H groups in total. The molecule has 4 aromatic heterocycles. The van der Waals surface area contributed by atoms with Gasteiger partial charge < -0.3 is 11.1 Å². The lowest BCUT2D eigenvalue weighted by Crippen LogP contribution is -2.17. The molecule has 0 spiro atoms. The van der Waals surface area contributed by atoms with Gasteiger partial charge in [0.25, 0.3) is 18.2 Å². The maximum Gasteiger partial charge on any atom is 0.280 e. The maximum absolute atomic E-state index is 13.6. The third-order valence-electron chi connectivity index (χ3n) is 5.01. The number of nitrogens with one attached hydrogen (secondary N) is 1. The van der Waals surface area contributed by atoms with Crippen molar-refractivity contribution in [1.82, 2.24) is 19.6 Å². The molecule has 12 heteroatoms. The summed E-state index contributed by atoms with van der Waals surface area (Å²) < 4.78 is 29.0. The van der Waals surface area contributed by atoms with E-state index in [4.69, 9.17) is 5.73 Å². The largest absolute Gasteiger partial charge is 0.365 e. The van der Waals surface area contributed by atoms with E-state index < -0.39 is 23.9 Å². The summed E-state index contributed by atoms with van der Waals surface area (Å²) in [6, 6.07) is 11.7. The summed E-state index contributed by atoms with van der Waals surface area (Å²) in [7, 11) is 0. The number of thiophene rings is 1. The third-order valence-corrected chi connectivity index (χ3v) is 6.84. The molecule has 0 radical (unpaired) electrons. The zero-order chi connectivity index (χ0) is 24.0. The fourth-order valence-electron chi connectivity index (χ4n) is 3.54. The number of aromatic nitrogens is 4. The van der Waals surface area contributed by atoms with Crippen molar-refractivity contribution in [3.8, 4) is 11.1 Å². The first kappa shape index (κ1) is 22.0. The van der Waals surface area contributed by atoms with Crippen molar-refractivity contribution in [1.29, 1.82) is 0 Å².